The van der Waals surface area contributed by atoms with Gasteiger partial charge in [0.15, 0.2) is 23.0 Å². The molecule has 1 atom stereocenters. The van der Waals surface area contributed by atoms with Gasteiger partial charge in [0, 0.05) is 5.92 Å². The van der Waals surface area contributed by atoms with Gasteiger partial charge in [0.05, 0.1) is 27.9 Å². The molecule has 136 valence electrons. The Morgan fingerprint density at radius 2 is 1.48 bits per heavy atom. The molecule has 5 heteroatoms. The molecule has 2 N–H and O–H groups in total. The number of hydrogen-bond donors (Lipinski definition) is 1. The molecule has 2 rings (SSSR count). The second kappa shape index (κ2) is 9.18. The Labute approximate surface area is 149 Å². The van der Waals surface area contributed by atoms with Crippen molar-refractivity contribution in [3.8, 4) is 23.0 Å². The van der Waals surface area contributed by atoms with Gasteiger partial charge in [0.1, 0.15) is 0 Å². The lowest BCUT2D eigenvalue weighted by Gasteiger charge is -2.18. The molecule has 0 fully saturated rings. The van der Waals surface area contributed by atoms with E-state index >= 15 is 0 Å². The summed E-state index contributed by atoms with van der Waals surface area (Å²) in [6, 6.07) is 11.9. The van der Waals surface area contributed by atoms with Gasteiger partial charge in [-0.3, -0.25) is 0 Å². The lowest BCUT2D eigenvalue weighted by molar-refractivity contribution is 0.310. The number of rotatable bonds is 9. The minimum atomic E-state index is 0.169. The maximum absolute atomic E-state index is 6.03. The summed E-state index contributed by atoms with van der Waals surface area (Å²) in [4.78, 5) is 0. The van der Waals surface area contributed by atoms with E-state index in [-0.39, 0.29) is 5.92 Å². The maximum Gasteiger partial charge on any atom is 0.161 e. The normalized spacial score (nSPS) is 11.7. The third-order valence-corrected chi connectivity index (χ3v) is 4.17. The van der Waals surface area contributed by atoms with Crippen LogP contribution in [0.15, 0.2) is 36.4 Å². The van der Waals surface area contributed by atoms with Crippen LogP contribution >= 0.6 is 0 Å². The van der Waals surface area contributed by atoms with Crippen molar-refractivity contribution in [2.75, 3.05) is 34.5 Å². The molecule has 0 aromatic heterocycles. The molecule has 0 saturated carbocycles. The van der Waals surface area contributed by atoms with E-state index in [2.05, 4.69) is 6.07 Å². The zero-order valence-electron chi connectivity index (χ0n) is 15.4. The highest BCUT2D eigenvalue weighted by molar-refractivity contribution is 5.46. The van der Waals surface area contributed by atoms with Gasteiger partial charge in [0.2, 0.25) is 0 Å². The Balaban J connectivity index is 2.24. The van der Waals surface area contributed by atoms with Crippen LogP contribution in [0, 0.1) is 0 Å². The molecule has 0 saturated heterocycles. The maximum atomic E-state index is 6.03. The van der Waals surface area contributed by atoms with Crippen molar-refractivity contribution < 1.29 is 18.9 Å². The van der Waals surface area contributed by atoms with Gasteiger partial charge in [-0.1, -0.05) is 12.1 Å². The smallest absolute Gasteiger partial charge is 0.161 e. The fraction of sp³-hybridized carbons (Fsp3) is 0.400. The minimum absolute atomic E-state index is 0.169. The third kappa shape index (κ3) is 4.57. The van der Waals surface area contributed by atoms with Gasteiger partial charge in [0.25, 0.3) is 0 Å². The van der Waals surface area contributed by atoms with Gasteiger partial charge in [-0.15, -0.1) is 0 Å². The van der Waals surface area contributed by atoms with Crippen LogP contribution in [0.5, 0.6) is 23.0 Å². The van der Waals surface area contributed by atoms with E-state index in [0.29, 0.717) is 24.7 Å². The summed E-state index contributed by atoms with van der Waals surface area (Å²) in [5.41, 5.74) is 8.30. The topological polar surface area (TPSA) is 62.9 Å². The van der Waals surface area contributed by atoms with Crippen molar-refractivity contribution >= 4 is 0 Å². The van der Waals surface area contributed by atoms with Crippen LogP contribution in [-0.2, 0) is 6.42 Å². The minimum Gasteiger partial charge on any atom is -0.493 e. The molecule has 2 aromatic rings. The number of nitrogens with two attached hydrogens (primary N) is 1. The van der Waals surface area contributed by atoms with Crippen LogP contribution in [0.1, 0.15) is 24.0 Å². The third-order valence-electron chi connectivity index (χ3n) is 4.17. The Bertz CT molecular complexity index is 687. The monoisotopic (exact) mass is 345 g/mol. The largest absolute Gasteiger partial charge is 0.493 e. The fourth-order valence-corrected chi connectivity index (χ4v) is 2.84. The second-order valence-electron chi connectivity index (χ2n) is 5.67. The number of benzene rings is 2. The summed E-state index contributed by atoms with van der Waals surface area (Å²) in [5, 5.41) is 0. The summed E-state index contributed by atoms with van der Waals surface area (Å²) in [6.45, 7) is 3.09. The van der Waals surface area contributed by atoms with Crippen LogP contribution in [-0.4, -0.2) is 34.5 Å². The molecule has 0 aliphatic rings. The summed E-state index contributed by atoms with van der Waals surface area (Å²) < 4.78 is 21.7. The van der Waals surface area contributed by atoms with E-state index in [0.717, 1.165) is 29.0 Å². The van der Waals surface area contributed by atoms with Crippen LogP contribution < -0.4 is 24.7 Å². The molecule has 0 spiro atoms. The Morgan fingerprint density at radius 3 is 2.08 bits per heavy atom. The van der Waals surface area contributed by atoms with E-state index in [1.807, 2.05) is 37.3 Å². The van der Waals surface area contributed by atoms with E-state index < -0.39 is 0 Å². The lowest BCUT2D eigenvalue weighted by atomic mass is 9.91. The first-order valence-corrected chi connectivity index (χ1v) is 8.38. The number of ether oxygens (including phenoxy) is 4. The second-order valence-corrected chi connectivity index (χ2v) is 5.67. The van der Waals surface area contributed by atoms with Crippen molar-refractivity contribution in [1.82, 2.24) is 0 Å². The van der Waals surface area contributed by atoms with E-state index in [1.165, 1.54) is 0 Å². The van der Waals surface area contributed by atoms with Gasteiger partial charge in [-0.2, -0.15) is 0 Å². The molecule has 5 nitrogen and oxygen atoms in total. The molecule has 25 heavy (non-hydrogen) atoms. The molecular weight excluding hydrogens is 318 g/mol. The van der Waals surface area contributed by atoms with E-state index in [4.69, 9.17) is 24.7 Å². The highest BCUT2D eigenvalue weighted by Crippen LogP contribution is 2.33. The van der Waals surface area contributed by atoms with Crippen molar-refractivity contribution in [1.29, 1.82) is 0 Å². The highest BCUT2D eigenvalue weighted by Gasteiger charge is 2.15. The van der Waals surface area contributed by atoms with Gasteiger partial charge < -0.3 is 24.7 Å². The number of methoxy groups -OCH3 is 3. The molecule has 0 bridgehead atoms. The van der Waals surface area contributed by atoms with E-state index in [9.17, 15) is 0 Å². The summed E-state index contributed by atoms with van der Waals surface area (Å²) >= 11 is 0. The average Bonchev–Trinajstić information content (AvgIpc) is 2.66. The number of hydrogen-bond acceptors (Lipinski definition) is 5. The molecule has 2 aromatic carbocycles. The predicted octanol–water partition coefficient (Wildman–Crippen LogP) is 3.40. The molecular formula is C20H27NO4. The SMILES string of the molecule is CCOc1ccc(CC(CN)c2ccc(OC)c(OC)c2)cc1OC. The Hall–Kier alpha value is -2.40. The first-order valence-electron chi connectivity index (χ1n) is 8.38. The van der Waals surface area contributed by atoms with Crippen LogP contribution in [0.4, 0.5) is 0 Å². The quantitative estimate of drug-likeness (QED) is 0.755. The molecule has 0 aliphatic heterocycles. The fourth-order valence-electron chi connectivity index (χ4n) is 2.84. The first-order chi connectivity index (χ1) is 12.2. The summed E-state index contributed by atoms with van der Waals surface area (Å²) in [6.07, 6.45) is 0.800. The van der Waals surface area contributed by atoms with Crippen LogP contribution in [0.25, 0.3) is 0 Å². The van der Waals surface area contributed by atoms with Gasteiger partial charge in [-0.05, 0) is 55.3 Å². The molecule has 0 heterocycles. The van der Waals surface area contributed by atoms with Crippen LogP contribution in [0.3, 0.4) is 0 Å². The van der Waals surface area contributed by atoms with Crippen molar-refractivity contribution in [3.63, 3.8) is 0 Å². The first kappa shape index (κ1) is 18.9. The zero-order chi connectivity index (χ0) is 18.2. The Kier molecular flexibility index (Phi) is 6.95. The predicted molar refractivity (Wildman–Crippen MR) is 99.2 cm³/mol. The van der Waals surface area contributed by atoms with Crippen LogP contribution in [0.2, 0.25) is 0 Å². The summed E-state index contributed by atoms with van der Waals surface area (Å²) in [5.74, 6) is 3.08. The molecule has 0 aliphatic carbocycles. The summed E-state index contributed by atoms with van der Waals surface area (Å²) in [7, 11) is 4.91. The van der Waals surface area contributed by atoms with Crippen molar-refractivity contribution in [2.24, 2.45) is 5.73 Å². The standard InChI is InChI=1S/C20H27NO4/c1-5-25-18-8-6-14(11-19(18)23-3)10-16(13-21)15-7-9-17(22-2)20(12-15)24-4/h6-9,11-12,16H,5,10,13,21H2,1-4H3. The highest BCUT2D eigenvalue weighted by atomic mass is 16.5. The average molecular weight is 345 g/mol. The zero-order valence-corrected chi connectivity index (χ0v) is 15.4. The lowest BCUT2D eigenvalue weighted by Crippen LogP contribution is -2.15. The van der Waals surface area contributed by atoms with Crippen molar-refractivity contribution in [2.45, 2.75) is 19.3 Å². The van der Waals surface area contributed by atoms with Gasteiger partial charge in [-0.25, -0.2) is 0 Å². The molecule has 0 radical (unpaired) electrons. The van der Waals surface area contributed by atoms with Crippen molar-refractivity contribution in [3.05, 3.63) is 47.5 Å². The molecule has 1 unspecified atom stereocenters. The van der Waals surface area contributed by atoms with Gasteiger partial charge >= 0.3 is 0 Å². The molecule has 0 amide bonds. The Morgan fingerprint density at radius 1 is 0.840 bits per heavy atom. The van der Waals surface area contributed by atoms with E-state index in [1.54, 1.807) is 21.3 Å².